The fourth-order valence-corrected chi connectivity index (χ4v) is 2.79. The molecular weight excluding hydrogens is 300 g/mol. The molecule has 3 aromatic rings. The molecule has 3 heterocycles. The van der Waals surface area contributed by atoms with E-state index in [9.17, 15) is 9.59 Å². The van der Waals surface area contributed by atoms with Crippen molar-refractivity contribution in [3.05, 3.63) is 68.8 Å². The zero-order valence-electron chi connectivity index (χ0n) is 11.7. The van der Waals surface area contributed by atoms with Crippen LogP contribution >= 0.6 is 11.3 Å². The molecule has 5 nitrogen and oxygen atoms in total. The third kappa shape index (κ3) is 3.17. The first-order valence-corrected chi connectivity index (χ1v) is 7.70. The molecule has 0 radical (unpaired) electrons. The fraction of sp³-hybridized carbons (Fsp3) is 0.125. The minimum Gasteiger partial charge on any atom is -0.463 e. The molecule has 3 rings (SSSR count). The quantitative estimate of drug-likeness (QED) is 0.760. The van der Waals surface area contributed by atoms with E-state index in [-0.39, 0.29) is 11.5 Å². The van der Waals surface area contributed by atoms with Crippen molar-refractivity contribution in [1.82, 2.24) is 10.3 Å². The highest BCUT2D eigenvalue weighted by Crippen LogP contribution is 2.15. The van der Waals surface area contributed by atoms with Gasteiger partial charge >= 0.3 is 0 Å². The zero-order chi connectivity index (χ0) is 15.4. The van der Waals surface area contributed by atoms with E-state index in [1.54, 1.807) is 29.5 Å². The van der Waals surface area contributed by atoms with Crippen molar-refractivity contribution in [3.8, 4) is 11.5 Å². The number of rotatable bonds is 5. The molecule has 0 unspecified atom stereocenters. The molecule has 6 heteroatoms. The van der Waals surface area contributed by atoms with Crippen LogP contribution in [0.15, 0.2) is 57.3 Å². The Morgan fingerprint density at radius 3 is 2.82 bits per heavy atom. The molecule has 1 amide bonds. The number of pyridine rings is 1. The summed E-state index contributed by atoms with van der Waals surface area (Å²) in [5.41, 5.74) is 0.217. The van der Waals surface area contributed by atoms with E-state index in [1.165, 1.54) is 17.2 Å². The van der Waals surface area contributed by atoms with Gasteiger partial charge in [-0.1, -0.05) is 6.07 Å². The van der Waals surface area contributed by atoms with Gasteiger partial charge in [-0.2, -0.15) is 0 Å². The van der Waals surface area contributed by atoms with Gasteiger partial charge in [0, 0.05) is 11.4 Å². The first-order valence-electron chi connectivity index (χ1n) is 6.82. The molecule has 22 heavy (non-hydrogen) atoms. The Labute approximate surface area is 130 Å². The van der Waals surface area contributed by atoms with Gasteiger partial charge in [-0.15, -0.1) is 11.3 Å². The Hall–Kier alpha value is -2.60. The second kappa shape index (κ2) is 6.44. The summed E-state index contributed by atoms with van der Waals surface area (Å²) in [6.07, 6.45) is 2.28. The summed E-state index contributed by atoms with van der Waals surface area (Å²) < 4.78 is 5.21. The van der Waals surface area contributed by atoms with E-state index in [0.717, 1.165) is 6.42 Å². The van der Waals surface area contributed by atoms with Gasteiger partial charge in [0.25, 0.3) is 11.5 Å². The molecular formula is C16H14N2O3S. The monoisotopic (exact) mass is 314 g/mol. The maximum Gasteiger partial charge on any atom is 0.261 e. The highest BCUT2D eigenvalue weighted by molar-refractivity contribution is 7.09. The van der Waals surface area contributed by atoms with Crippen molar-refractivity contribution in [2.24, 2.45) is 0 Å². The number of carbonyl (C=O) groups excluding carboxylic acids is 1. The van der Waals surface area contributed by atoms with Crippen LogP contribution in [0.3, 0.4) is 0 Å². The van der Waals surface area contributed by atoms with Crippen LogP contribution in [0.4, 0.5) is 0 Å². The van der Waals surface area contributed by atoms with Gasteiger partial charge < -0.3 is 14.7 Å². The van der Waals surface area contributed by atoms with E-state index >= 15 is 0 Å². The molecule has 0 aliphatic heterocycles. The number of hydrogen-bond donors (Lipinski definition) is 2. The van der Waals surface area contributed by atoms with Crippen LogP contribution < -0.4 is 10.9 Å². The third-order valence-electron chi connectivity index (χ3n) is 3.18. The Morgan fingerprint density at radius 1 is 1.23 bits per heavy atom. The van der Waals surface area contributed by atoms with E-state index in [1.807, 2.05) is 17.5 Å². The highest BCUT2D eigenvalue weighted by atomic mass is 32.1. The van der Waals surface area contributed by atoms with Crippen molar-refractivity contribution in [1.29, 1.82) is 0 Å². The number of hydrogen-bond acceptors (Lipinski definition) is 4. The summed E-state index contributed by atoms with van der Waals surface area (Å²) in [6, 6.07) is 10.6. The largest absolute Gasteiger partial charge is 0.463 e. The van der Waals surface area contributed by atoms with Crippen LogP contribution in [0.5, 0.6) is 0 Å². The fourth-order valence-electron chi connectivity index (χ4n) is 2.08. The molecule has 2 N–H and O–H groups in total. The minimum absolute atomic E-state index is 0.0986. The number of aromatic amines is 1. The average Bonchev–Trinajstić information content (AvgIpc) is 3.20. The van der Waals surface area contributed by atoms with Crippen LogP contribution in [0, 0.1) is 0 Å². The van der Waals surface area contributed by atoms with Gasteiger partial charge in [-0.3, -0.25) is 9.59 Å². The van der Waals surface area contributed by atoms with Gasteiger partial charge in [0.05, 0.1) is 12.0 Å². The Kier molecular flexibility index (Phi) is 4.20. The normalized spacial score (nSPS) is 10.5. The molecule has 0 atom stereocenters. The van der Waals surface area contributed by atoms with Crippen molar-refractivity contribution < 1.29 is 9.21 Å². The molecule has 0 aromatic carbocycles. The second-order valence-corrected chi connectivity index (χ2v) is 5.71. The van der Waals surface area contributed by atoms with Crippen LogP contribution in [0.2, 0.25) is 0 Å². The molecule has 0 saturated heterocycles. The minimum atomic E-state index is -0.428. The summed E-state index contributed by atoms with van der Waals surface area (Å²) in [5.74, 6) is 0.186. The lowest BCUT2D eigenvalue weighted by Crippen LogP contribution is -2.30. The van der Waals surface area contributed by atoms with Crippen molar-refractivity contribution in [2.45, 2.75) is 6.42 Å². The third-order valence-corrected chi connectivity index (χ3v) is 4.11. The maximum absolute atomic E-state index is 12.0. The standard InChI is InChI=1S/C16H14N2O3S/c19-15(17-8-7-11-3-2-10-22-11)12-5-6-13(18-16(12)20)14-4-1-9-21-14/h1-6,9-10H,7-8H2,(H,17,19)(H,18,20). The Morgan fingerprint density at radius 2 is 2.14 bits per heavy atom. The van der Waals surface area contributed by atoms with Gasteiger partial charge in [-0.25, -0.2) is 0 Å². The van der Waals surface area contributed by atoms with Crippen LogP contribution in [0.25, 0.3) is 11.5 Å². The second-order valence-electron chi connectivity index (χ2n) is 4.68. The van der Waals surface area contributed by atoms with Crippen molar-refractivity contribution >= 4 is 17.2 Å². The number of carbonyl (C=O) groups is 1. The van der Waals surface area contributed by atoms with E-state index in [0.29, 0.717) is 18.0 Å². The number of furan rings is 1. The van der Waals surface area contributed by atoms with Crippen molar-refractivity contribution in [3.63, 3.8) is 0 Å². The highest BCUT2D eigenvalue weighted by Gasteiger charge is 2.11. The number of H-pyrrole nitrogens is 1. The summed E-state index contributed by atoms with van der Waals surface area (Å²) in [4.78, 5) is 27.9. The van der Waals surface area contributed by atoms with E-state index < -0.39 is 5.56 Å². The van der Waals surface area contributed by atoms with Gasteiger partial charge in [0.2, 0.25) is 0 Å². The maximum atomic E-state index is 12.0. The molecule has 112 valence electrons. The summed E-state index contributed by atoms with van der Waals surface area (Å²) in [6.45, 7) is 0.499. The van der Waals surface area contributed by atoms with Gasteiger partial charge in [0.15, 0.2) is 0 Å². The average molecular weight is 314 g/mol. The van der Waals surface area contributed by atoms with Crippen molar-refractivity contribution in [2.75, 3.05) is 6.54 Å². The molecule has 0 spiro atoms. The van der Waals surface area contributed by atoms with E-state index in [4.69, 9.17) is 4.42 Å². The summed E-state index contributed by atoms with van der Waals surface area (Å²) >= 11 is 1.64. The molecule has 0 saturated carbocycles. The topological polar surface area (TPSA) is 75.1 Å². The molecule has 0 aliphatic rings. The predicted molar refractivity (Wildman–Crippen MR) is 85.1 cm³/mol. The summed E-state index contributed by atoms with van der Waals surface area (Å²) in [5, 5.41) is 4.75. The SMILES string of the molecule is O=C(NCCc1cccs1)c1ccc(-c2ccco2)[nH]c1=O. The lowest BCUT2D eigenvalue weighted by Gasteiger charge is -2.04. The molecule has 0 fully saturated rings. The zero-order valence-corrected chi connectivity index (χ0v) is 12.5. The first kappa shape index (κ1) is 14.3. The molecule has 3 aromatic heterocycles. The number of amides is 1. The molecule has 0 aliphatic carbocycles. The lowest BCUT2D eigenvalue weighted by molar-refractivity contribution is 0.0952. The van der Waals surface area contributed by atoms with Gasteiger partial charge in [0.1, 0.15) is 11.3 Å². The Bertz CT molecular complexity index is 804. The Balaban J connectivity index is 1.66. The van der Waals surface area contributed by atoms with Crippen LogP contribution in [-0.2, 0) is 6.42 Å². The smallest absolute Gasteiger partial charge is 0.261 e. The number of thiophene rings is 1. The van der Waals surface area contributed by atoms with E-state index in [2.05, 4.69) is 10.3 Å². The van der Waals surface area contributed by atoms with Crippen LogP contribution in [0.1, 0.15) is 15.2 Å². The lowest BCUT2D eigenvalue weighted by atomic mass is 10.2. The number of aromatic nitrogens is 1. The number of nitrogens with one attached hydrogen (secondary N) is 2. The molecule has 0 bridgehead atoms. The first-order chi connectivity index (χ1) is 10.7. The summed E-state index contributed by atoms with van der Waals surface area (Å²) in [7, 11) is 0. The predicted octanol–water partition coefficient (Wildman–Crippen LogP) is 2.67. The van der Waals surface area contributed by atoms with Crippen LogP contribution in [-0.4, -0.2) is 17.4 Å². The van der Waals surface area contributed by atoms with Gasteiger partial charge in [-0.05, 0) is 42.1 Å².